The monoisotopic (exact) mass is 512 g/mol. The smallest absolute Gasteiger partial charge is 0.322 e. The summed E-state index contributed by atoms with van der Waals surface area (Å²) in [7, 11) is 6.12. The van der Waals surface area contributed by atoms with Crippen LogP contribution in [0.1, 0.15) is 31.2 Å². The van der Waals surface area contributed by atoms with Gasteiger partial charge < -0.3 is 25.2 Å². The summed E-state index contributed by atoms with van der Waals surface area (Å²) in [5.74, 6) is 0.593. The second-order valence-electron chi connectivity index (χ2n) is 8.16. The number of ketones is 1. The molecule has 34 heavy (non-hydrogen) atoms. The van der Waals surface area contributed by atoms with Gasteiger partial charge in [0.2, 0.25) is 0 Å². The van der Waals surface area contributed by atoms with Gasteiger partial charge in [-0.05, 0) is 44.0 Å². The summed E-state index contributed by atoms with van der Waals surface area (Å²) in [5.41, 5.74) is -0.459. The fourth-order valence-electron chi connectivity index (χ4n) is 4.17. The Bertz CT molecular complexity index is 768. The third-order valence-electron chi connectivity index (χ3n) is 6.16. The van der Waals surface area contributed by atoms with Gasteiger partial charge in [-0.3, -0.25) is 14.4 Å². The molecule has 0 heterocycles. The lowest BCUT2D eigenvalue weighted by Gasteiger charge is -2.45. The van der Waals surface area contributed by atoms with Gasteiger partial charge in [0.05, 0.1) is 14.2 Å². The first kappa shape index (κ1) is 28.6. The van der Waals surface area contributed by atoms with Gasteiger partial charge in [-0.1, -0.05) is 30.3 Å². The molecule has 1 aliphatic rings. The average molecular weight is 513 g/mol. The van der Waals surface area contributed by atoms with Crippen LogP contribution in [0, 0.1) is 0 Å². The standard InChI is InChI=1S/C24H36N2O6S2/c1-25-18(22(28)31-3)10-12-33-20-14-17(27)15-21(24(20,30)16-8-6-5-7-9-16)34-13-11-19(26-2)23(29)32-4/h5-9,18-21,25-26,30H,10-15H2,1-4H3. The molecule has 0 spiro atoms. The quantitative estimate of drug-likeness (QED) is 0.338. The predicted molar refractivity (Wildman–Crippen MR) is 136 cm³/mol. The van der Waals surface area contributed by atoms with E-state index in [9.17, 15) is 19.5 Å². The summed E-state index contributed by atoms with van der Waals surface area (Å²) < 4.78 is 9.66. The van der Waals surface area contributed by atoms with Crippen molar-refractivity contribution >= 4 is 41.2 Å². The van der Waals surface area contributed by atoms with Crippen LogP contribution >= 0.6 is 23.5 Å². The topological polar surface area (TPSA) is 114 Å². The first-order valence-electron chi connectivity index (χ1n) is 11.3. The van der Waals surface area contributed by atoms with Gasteiger partial charge in [0.1, 0.15) is 23.5 Å². The van der Waals surface area contributed by atoms with Crippen molar-refractivity contribution in [2.75, 3.05) is 39.8 Å². The molecule has 4 atom stereocenters. The van der Waals surface area contributed by atoms with Gasteiger partial charge in [-0.25, -0.2) is 0 Å². The summed E-state index contributed by atoms with van der Waals surface area (Å²) in [6.45, 7) is 0. The highest BCUT2D eigenvalue weighted by molar-refractivity contribution is 8.01. The number of hydrogen-bond donors (Lipinski definition) is 3. The molecule has 3 N–H and O–H groups in total. The maximum absolute atomic E-state index is 12.7. The number of carbonyl (C=O) groups excluding carboxylic acids is 3. The highest BCUT2D eigenvalue weighted by atomic mass is 32.2. The minimum absolute atomic E-state index is 0.104. The first-order chi connectivity index (χ1) is 16.3. The molecule has 0 bridgehead atoms. The van der Waals surface area contributed by atoms with E-state index in [-0.39, 0.29) is 41.1 Å². The minimum atomic E-state index is -1.23. The molecule has 2 rings (SSSR count). The van der Waals surface area contributed by atoms with E-state index >= 15 is 0 Å². The molecule has 1 saturated carbocycles. The van der Waals surface area contributed by atoms with Crippen molar-refractivity contribution in [3.63, 3.8) is 0 Å². The second-order valence-corrected chi connectivity index (χ2v) is 10.8. The molecule has 0 saturated heterocycles. The molecule has 1 aliphatic carbocycles. The largest absolute Gasteiger partial charge is 0.468 e. The average Bonchev–Trinajstić information content (AvgIpc) is 2.86. The van der Waals surface area contributed by atoms with Crippen LogP contribution in [0.2, 0.25) is 0 Å². The Kier molecular flexibility index (Phi) is 11.9. The highest BCUT2D eigenvalue weighted by Gasteiger charge is 2.50. The van der Waals surface area contributed by atoms with Gasteiger partial charge >= 0.3 is 11.9 Å². The number of esters is 2. The number of rotatable bonds is 13. The number of methoxy groups -OCH3 is 2. The minimum Gasteiger partial charge on any atom is -0.468 e. The fraction of sp³-hybridized carbons (Fsp3) is 0.625. The maximum Gasteiger partial charge on any atom is 0.322 e. The van der Waals surface area contributed by atoms with E-state index in [1.54, 1.807) is 14.1 Å². The number of likely N-dealkylation sites (N-methyl/N-ethyl adjacent to an activating group) is 2. The Hall–Kier alpha value is -1.59. The lowest BCUT2D eigenvalue weighted by Crippen LogP contribution is -2.52. The molecule has 4 unspecified atom stereocenters. The van der Waals surface area contributed by atoms with E-state index in [0.29, 0.717) is 24.3 Å². The summed E-state index contributed by atoms with van der Waals surface area (Å²) in [4.78, 5) is 36.5. The number of thioether (sulfide) groups is 2. The zero-order valence-corrected chi connectivity index (χ0v) is 21.9. The highest BCUT2D eigenvalue weighted by Crippen LogP contribution is 2.47. The van der Waals surface area contributed by atoms with Crippen molar-refractivity contribution in [3.8, 4) is 0 Å². The zero-order valence-electron chi connectivity index (χ0n) is 20.2. The van der Waals surface area contributed by atoms with Crippen LogP contribution in [0.5, 0.6) is 0 Å². The molecule has 0 aliphatic heterocycles. The summed E-state index contributed by atoms with van der Waals surface area (Å²) >= 11 is 3.03. The lowest BCUT2D eigenvalue weighted by atomic mass is 9.78. The number of Topliss-reactive ketones (excluding diaryl/α,β-unsaturated/α-hetero) is 1. The molecule has 10 heteroatoms. The van der Waals surface area contributed by atoms with Gasteiger partial charge in [0.15, 0.2) is 0 Å². The Balaban J connectivity index is 2.19. The van der Waals surface area contributed by atoms with Crippen LogP contribution < -0.4 is 10.6 Å². The van der Waals surface area contributed by atoms with Crippen molar-refractivity contribution in [2.24, 2.45) is 0 Å². The molecule has 190 valence electrons. The van der Waals surface area contributed by atoms with Crippen LogP contribution in [-0.2, 0) is 29.5 Å². The van der Waals surface area contributed by atoms with Crippen molar-refractivity contribution in [1.82, 2.24) is 10.6 Å². The first-order valence-corrected chi connectivity index (χ1v) is 13.4. The Morgan fingerprint density at radius 1 is 0.971 bits per heavy atom. The molecule has 1 aromatic rings. The van der Waals surface area contributed by atoms with Crippen LogP contribution in [0.15, 0.2) is 30.3 Å². The Labute approximate surface area is 210 Å². The number of aliphatic hydroxyl groups is 1. The third kappa shape index (κ3) is 7.21. The molecular weight excluding hydrogens is 476 g/mol. The number of ether oxygens (including phenoxy) is 2. The van der Waals surface area contributed by atoms with Gasteiger partial charge in [0.25, 0.3) is 0 Å². The summed E-state index contributed by atoms with van der Waals surface area (Å²) in [5, 5.41) is 17.3. The van der Waals surface area contributed by atoms with E-state index < -0.39 is 17.7 Å². The van der Waals surface area contributed by atoms with Gasteiger partial charge in [-0.2, -0.15) is 23.5 Å². The zero-order chi connectivity index (χ0) is 25.1. The number of hydrogen-bond acceptors (Lipinski definition) is 10. The third-order valence-corrected chi connectivity index (χ3v) is 8.96. The van der Waals surface area contributed by atoms with Crippen LogP contribution in [-0.4, -0.2) is 85.2 Å². The molecule has 0 amide bonds. The number of carbonyl (C=O) groups is 3. The SMILES string of the molecule is CNC(CCSC1CC(=O)CC(SCCC(NC)C(=O)OC)C1(O)c1ccccc1)C(=O)OC. The summed E-state index contributed by atoms with van der Waals surface area (Å²) in [6, 6.07) is 8.57. The van der Waals surface area contributed by atoms with Crippen molar-refractivity contribution in [2.45, 2.75) is 53.9 Å². The van der Waals surface area contributed by atoms with E-state index in [4.69, 9.17) is 9.47 Å². The van der Waals surface area contributed by atoms with Gasteiger partial charge in [0, 0.05) is 23.3 Å². The van der Waals surface area contributed by atoms with E-state index in [0.717, 1.165) is 5.56 Å². The Morgan fingerprint density at radius 3 is 1.79 bits per heavy atom. The van der Waals surface area contributed by atoms with Crippen molar-refractivity contribution in [1.29, 1.82) is 0 Å². The predicted octanol–water partition coefficient (Wildman–Crippen LogP) is 1.74. The summed E-state index contributed by atoms with van der Waals surface area (Å²) in [6.07, 6.45) is 1.56. The van der Waals surface area contributed by atoms with E-state index in [2.05, 4.69) is 10.6 Å². The van der Waals surface area contributed by atoms with Gasteiger partial charge in [-0.15, -0.1) is 0 Å². The normalized spacial score (nSPS) is 24.3. The van der Waals surface area contributed by atoms with E-state index in [1.165, 1.54) is 37.7 Å². The molecule has 1 aromatic carbocycles. The van der Waals surface area contributed by atoms with Crippen molar-refractivity contribution < 1.29 is 29.0 Å². The Morgan fingerprint density at radius 2 is 1.41 bits per heavy atom. The lowest BCUT2D eigenvalue weighted by molar-refractivity contribution is -0.143. The molecule has 0 aromatic heterocycles. The fourth-order valence-corrected chi connectivity index (χ4v) is 7.28. The number of benzene rings is 1. The van der Waals surface area contributed by atoms with Crippen LogP contribution in [0.3, 0.4) is 0 Å². The van der Waals surface area contributed by atoms with Crippen molar-refractivity contribution in [3.05, 3.63) is 35.9 Å². The van der Waals surface area contributed by atoms with Crippen LogP contribution in [0.4, 0.5) is 0 Å². The number of nitrogens with one attached hydrogen (secondary N) is 2. The van der Waals surface area contributed by atoms with E-state index in [1.807, 2.05) is 30.3 Å². The maximum atomic E-state index is 12.7. The molecule has 1 fully saturated rings. The second kappa shape index (κ2) is 14.1. The molecule has 8 nitrogen and oxygen atoms in total. The molecular formula is C24H36N2O6S2. The molecule has 0 radical (unpaired) electrons. The van der Waals surface area contributed by atoms with Crippen LogP contribution in [0.25, 0.3) is 0 Å².